The van der Waals surface area contributed by atoms with Crippen molar-refractivity contribution in [2.75, 3.05) is 7.11 Å². The molecule has 0 radical (unpaired) electrons. The molecule has 2 nitrogen and oxygen atoms in total. The van der Waals surface area contributed by atoms with Gasteiger partial charge in [0.25, 0.3) is 0 Å². The fourth-order valence-corrected chi connectivity index (χ4v) is 1.17. The van der Waals surface area contributed by atoms with Gasteiger partial charge >= 0.3 is 0 Å². The van der Waals surface area contributed by atoms with Crippen LogP contribution in [0.25, 0.3) is 6.08 Å². The summed E-state index contributed by atoms with van der Waals surface area (Å²) in [6.45, 7) is 7.72. The van der Waals surface area contributed by atoms with Crippen LogP contribution in [0.3, 0.4) is 0 Å². The Kier molecular flexibility index (Phi) is 3.57. The van der Waals surface area contributed by atoms with Crippen molar-refractivity contribution in [3.8, 4) is 11.5 Å². The van der Waals surface area contributed by atoms with Gasteiger partial charge in [0.15, 0.2) is 0 Å². The fraction of sp³-hybridized carbons (Fsp3) is 0.333. The average Bonchev–Trinajstić information content (AvgIpc) is 2.16. The van der Waals surface area contributed by atoms with Gasteiger partial charge in [0.05, 0.1) is 13.2 Å². The first kappa shape index (κ1) is 10.6. The summed E-state index contributed by atoms with van der Waals surface area (Å²) in [6.07, 6.45) is 1.93. The lowest BCUT2D eigenvalue weighted by molar-refractivity contribution is 0.240. The Morgan fingerprint density at radius 1 is 1.36 bits per heavy atom. The van der Waals surface area contributed by atoms with Crippen molar-refractivity contribution in [3.63, 3.8) is 0 Å². The first-order valence-corrected chi connectivity index (χ1v) is 4.64. The molecule has 1 aromatic carbocycles. The van der Waals surface area contributed by atoms with E-state index in [1.807, 2.05) is 32.0 Å². The zero-order valence-electron chi connectivity index (χ0n) is 8.91. The molecule has 0 heterocycles. The molecule has 76 valence electrons. The van der Waals surface area contributed by atoms with Crippen LogP contribution >= 0.6 is 0 Å². The number of benzene rings is 1. The van der Waals surface area contributed by atoms with E-state index < -0.39 is 0 Å². The monoisotopic (exact) mass is 192 g/mol. The lowest BCUT2D eigenvalue weighted by Crippen LogP contribution is -2.06. The van der Waals surface area contributed by atoms with Gasteiger partial charge in [-0.15, -0.1) is 0 Å². The normalized spacial score (nSPS) is 10.0. The van der Waals surface area contributed by atoms with Crippen molar-refractivity contribution in [2.45, 2.75) is 20.0 Å². The van der Waals surface area contributed by atoms with Crippen molar-refractivity contribution in [2.24, 2.45) is 0 Å². The Labute approximate surface area is 85.2 Å². The highest BCUT2D eigenvalue weighted by molar-refractivity contribution is 5.57. The maximum absolute atomic E-state index is 5.63. The predicted octanol–water partition coefficient (Wildman–Crippen LogP) is 3.13. The summed E-state index contributed by atoms with van der Waals surface area (Å²) >= 11 is 0. The van der Waals surface area contributed by atoms with Gasteiger partial charge in [-0.3, -0.25) is 0 Å². The van der Waals surface area contributed by atoms with Gasteiger partial charge in [-0.25, -0.2) is 0 Å². The molecule has 0 N–H and O–H groups in total. The fourth-order valence-electron chi connectivity index (χ4n) is 1.17. The number of hydrogen-bond acceptors (Lipinski definition) is 2. The van der Waals surface area contributed by atoms with Crippen LogP contribution in [-0.2, 0) is 0 Å². The topological polar surface area (TPSA) is 18.5 Å². The van der Waals surface area contributed by atoms with Crippen molar-refractivity contribution in [1.82, 2.24) is 0 Å². The molecule has 2 heteroatoms. The predicted molar refractivity (Wildman–Crippen MR) is 58.8 cm³/mol. The third kappa shape index (κ3) is 2.52. The summed E-state index contributed by atoms with van der Waals surface area (Å²) in [4.78, 5) is 0. The Balaban J connectivity index is 3.01. The minimum Gasteiger partial charge on any atom is -0.497 e. The highest BCUT2D eigenvalue weighted by Gasteiger charge is 2.04. The average molecular weight is 192 g/mol. The number of methoxy groups -OCH3 is 1. The minimum atomic E-state index is 0.154. The van der Waals surface area contributed by atoms with Crippen molar-refractivity contribution in [1.29, 1.82) is 0 Å². The number of ether oxygens (including phenoxy) is 2. The molecule has 0 atom stereocenters. The Morgan fingerprint density at radius 2 is 2.07 bits per heavy atom. The zero-order chi connectivity index (χ0) is 10.6. The van der Waals surface area contributed by atoms with Gasteiger partial charge in [0.1, 0.15) is 11.5 Å². The van der Waals surface area contributed by atoms with E-state index in [9.17, 15) is 0 Å². The highest BCUT2D eigenvalue weighted by Crippen LogP contribution is 2.26. The Bertz CT molecular complexity index is 316. The minimum absolute atomic E-state index is 0.154. The second kappa shape index (κ2) is 4.70. The van der Waals surface area contributed by atoms with E-state index in [0.29, 0.717) is 0 Å². The van der Waals surface area contributed by atoms with Crippen molar-refractivity contribution >= 4 is 6.08 Å². The molecule has 0 aromatic heterocycles. The maximum Gasteiger partial charge on any atom is 0.130 e. The zero-order valence-corrected chi connectivity index (χ0v) is 8.91. The molecular weight excluding hydrogens is 176 g/mol. The molecule has 0 fully saturated rings. The van der Waals surface area contributed by atoms with E-state index in [4.69, 9.17) is 9.47 Å². The second-order valence-corrected chi connectivity index (χ2v) is 3.27. The molecule has 1 rings (SSSR count). The largest absolute Gasteiger partial charge is 0.497 e. The molecule has 14 heavy (non-hydrogen) atoms. The first-order chi connectivity index (χ1) is 6.67. The highest BCUT2D eigenvalue weighted by atomic mass is 16.5. The SMILES string of the molecule is C=Cc1ccc(OC)cc1OC(C)C. The third-order valence-corrected chi connectivity index (χ3v) is 1.80. The van der Waals surface area contributed by atoms with Crippen LogP contribution in [-0.4, -0.2) is 13.2 Å². The van der Waals surface area contributed by atoms with Gasteiger partial charge in [-0.2, -0.15) is 0 Å². The molecule has 0 saturated carbocycles. The Morgan fingerprint density at radius 3 is 2.57 bits per heavy atom. The lowest BCUT2D eigenvalue weighted by atomic mass is 10.2. The van der Waals surface area contributed by atoms with Gasteiger partial charge in [-0.1, -0.05) is 12.7 Å². The molecule has 0 aliphatic heterocycles. The van der Waals surface area contributed by atoms with E-state index >= 15 is 0 Å². The summed E-state index contributed by atoms with van der Waals surface area (Å²) in [6, 6.07) is 5.70. The van der Waals surface area contributed by atoms with Crippen molar-refractivity contribution < 1.29 is 9.47 Å². The second-order valence-electron chi connectivity index (χ2n) is 3.27. The van der Waals surface area contributed by atoms with Crippen LogP contribution in [0.15, 0.2) is 24.8 Å². The van der Waals surface area contributed by atoms with Crippen LogP contribution < -0.4 is 9.47 Å². The summed E-state index contributed by atoms with van der Waals surface area (Å²) in [5, 5.41) is 0. The maximum atomic E-state index is 5.63. The van der Waals surface area contributed by atoms with Crippen LogP contribution in [0, 0.1) is 0 Å². The van der Waals surface area contributed by atoms with Gasteiger partial charge < -0.3 is 9.47 Å². The summed E-state index contributed by atoms with van der Waals surface area (Å²) < 4.78 is 10.7. The molecule has 0 aliphatic carbocycles. The van der Waals surface area contributed by atoms with E-state index in [2.05, 4.69) is 6.58 Å². The molecular formula is C12H16O2. The summed E-state index contributed by atoms with van der Waals surface area (Å²) in [7, 11) is 1.64. The molecule has 0 amide bonds. The van der Waals surface area contributed by atoms with E-state index in [0.717, 1.165) is 17.1 Å². The quantitative estimate of drug-likeness (QED) is 0.729. The molecule has 0 spiro atoms. The third-order valence-electron chi connectivity index (χ3n) is 1.80. The van der Waals surface area contributed by atoms with E-state index in [1.54, 1.807) is 13.2 Å². The summed E-state index contributed by atoms with van der Waals surface area (Å²) in [5.74, 6) is 1.61. The lowest BCUT2D eigenvalue weighted by Gasteiger charge is -2.13. The standard InChI is InChI=1S/C12H16O2/c1-5-10-6-7-11(13-4)8-12(10)14-9(2)3/h5-9H,1H2,2-4H3. The molecule has 0 aliphatic rings. The van der Waals surface area contributed by atoms with Crippen LogP contribution in [0.2, 0.25) is 0 Å². The van der Waals surface area contributed by atoms with Crippen LogP contribution in [0.1, 0.15) is 19.4 Å². The molecule has 1 aromatic rings. The number of rotatable bonds is 4. The Hall–Kier alpha value is -1.44. The molecule has 0 unspecified atom stereocenters. The van der Waals surface area contributed by atoms with Gasteiger partial charge in [-0.05, 0) is 26.0 Å². The smallest absolute Gasteiger partial charge is 0.130 e. The van der Waals surface area contributed by atoms with E-state index in [-0.39, 0.29) is 6.10 Å². The van der Waals surface area contributed by atoms with Crippen LogP contribution in [0.4, 0.5) is 0 Å². The number of hydrogen-bond donors (Lipinski definition) is 0. The molecule has 0 saturated heterocycles. The van der Waals surface area contributed by atoms with Crippen molar-refractivity contribution in [3.05, 3.63) is 30.3 Å². The van der Waals surface area contributed by atoms with Crippen LogP contribution in [0.5, 0.6) is 11.5 Å². The first-order valence-electron chi connectivity index (χ1n) is 4.64. The van der Waals surface area contributed by atoms with Gasteiger partial charge in [0, 0.05) is 11.6 Å². The van der Waals surface area contributed by atoms with E-state index in [1.165, 1.54) is 0 Å². The summed E-state index contributed by atoms with van der Waals surface area (Å²) in [5.41, 5.74) is 0.986. The van der Waals surface area contributed by atoms with Gasteiger partial charge in [0.2, 0.25) is 0 Å². The molecule has 0 bridgehead atoms.